The molecule has 0 radical (unpaired) electrons. The lowest BCUT2D eigenvalue weighted by atomic mass is 9.80. The lowest BCUT2D eigenvalue weighted by Crippen LogP contribution is -2.52. The third kappa shape index (κ3) is 5.22. The first-order valence-electron chi connectivity index (χ1n) is 8.90. The van der Waals surface area contributed by atoms with Gasteiger partial charge >= 0.3 is 0 Å². The van der Waals surface area contributed by atoms with Gasteiger partial charge in [-0.3, -0.25) is 4.79 Å². The van der Waals surface area contributed by atoms with E-state index < -0.39 is 0 Å². The summed E-state index contributed by atoms with van der Waals surface area (Å²) in [5, 5.41) is 3.40. The Morgan fingerprint density at radius 2 is 1.74 bits per heavy atom. The predicted octanol–water partition coefficient (Wildman–Crippen LogP) is 2.55. The molecular weight excluding hydrogens is 333 g/mol. The van der Waals surface area contributed by atoms with Crippen LogP contribution in [0.4, 0.5) is 0 Å². The van der Waals surface area contributed by atoms with Crippen molar-refractivity contribution in [1.82, 2.24) is 15.1 Å². The minimum Gasteiger partial charge on any atom is -0.342 e. The zero-order valence-corrected chi connectivity index (χ0v) is 16.0. The van der Waals surface area contributed by atoms with E-state index in [2.05, 4.69) is 22.0 Å². The van der Waals surface area contributed by atoms with Crippen molar-refractivity contribution >= 4 is 30.7 Å². The van der Waals surface area contributed by atoms with Gasteiger partial charge in [0.15, 0.2) is 0 Å². The van der Waals surface area contributed by atoms with Gasteiger partial charge in [0.25, 0.3) is 0 Å². The van der Waals surface area contributed by atoms with Gasteiger partial charge in [-0.1, -0.05) is 0 Å². The summed E-state index contributed by atoms with van der Waals surface area (Å²) in [5.41, 5.74) is -0.153. The van der Waals surface area contributed by atoms with Gasteiger partial charge in [-0.2, -0.15) is 0 Å². The molecule has 0 aromatic heterocycles. The molecule has 3 aliphatic heterocycles. The first-order chi connectivity index (χ1) is 10.2. The van der Waals surface area contributed by atoms with Gasteiger partial charge in [0.05, 0.1) is 5.41 Å². The molecule has 0 aliphatic carbocycles. The van der Waals surface area contributed by atoms with Crippen molar-refractivity contribution in [2.45, 2.75) is 45.4 Å². The van der Waals surface area contributed by atoms with Crippen molar-refractivity contribution in [1.29, 1.82) is 0 Å². The zero-order valence-electron chi connectivity index (χ0n) is 14.4. The monoisotopic (exact) mass is 365 g/mol. The van der Waals surface area contributed by atoms with Crippen molar-refractivity contribution in [2.24, 2.45) is 11.3 Å². The van der Waals surface area contributed by atoms with E-state index in [1.54, 1.807) is 0 Å². The molecule has 3 aliphatic rings. The Kier molecular flexibility index (Phi) is 8.64. The van der Waals surface area contributed by atoms with Gasteiger partial charge in [0.2, 0.25) is 5.91 Å². The molecule has 23 heavy (non-hydrogen) atoms. The maximum absolute atomic E-state index is 12.8. The highest BCUT2D eigenvalue weighted by Gasteiger charge is 2.38. The minimum atomic E-state index is -0.153. The second kappa shape index (κ2) is 9.45. The number of halogens is 2. The quantitative estimate of drug-likeness (QED) is 0.834. The second-order valence-corrected chi connectivity index (χ2v) is 7.58. The van der Waals surface area contributed by atoms with Crippen LogP contribution in [-0.4, -0.2) is 61.5 Å². The summed E-state index contributed by atoms with van der Waals surface area (Å²) < 4.78 is 0. The first kappa shape index (κ1) is 21.0. The number of likely N-dealkylation sites (tertiary alicyclic amines) is 2. The number of piperidine rings is 2. The van der Waals surface area contributed by atoms with Crippen LogP contribution in [0.15, 0.2) is 0 Å². The number of carbonyl (C=O) groups excluding carboxylic acids is 1. The Morgan fingerprint density at radius 1 is 1.09 bits per heavy atom. The van der Waals surface area contributed by atoms with Crippen LogP contribution < -0.4 is 5.32 Å². The average molecular weight is 366 g/mol. The van der Waals surface area contributed by atoms with Gasteiger partial charge < -0.3 is 15.1 Å². The van der Waals surface area contributed by atoms with Crippen molar-refractivity contribution in [3.8, 4) is 0 Å². The van der Waals surface area contributed by atoms with E-state index in [0.29, 0.717) is 5.91 Å². The van der Waals surface area contributed by atoms with E-state index in [4.69, 9.17) is 0 Å². The van der Waals surface area contributed by atoms with Gasteiger partial charge in [0.1, 0.15) is 0 Å². The van der Waals surface area contributed by atoms with E-state index in [-0.39, 0.29) is 30.2 Å². The van der Waals surface area contributed by atoms with E-state index in [9.17, 15) is 4.79 Å². The fourth-order valence-corrected chi connectivity index (χ4v) is 4.27. The first-order valence-corrected chi connectivity index (χ1v) is 8.90. The lowest BCUT2D eigenvalue weighted by Gasteiger charge is -2.41. The number of carbonyl (C=O) groups is 1. The highest BCUT2D eigenvalue weighted by Crippen LogP contribution is 2.30. The van der Waals surface area contributed by atoms with Gasteiger partial charge in [0, 0.05) is 26.2 Å². The van der Waals surface area contributed by atoms with Crippen LogP contribution in [0.2, 0.25) is 0 Å². The molecule has 0 spiro atoms. The van der Waals surface area contributed by atoms with Crippen LogP contribution in [0.5, 0.6) is 0 Å². The highest BCUT2D eigenvalue weighted by molar-refractivity contribution is 5.85. The van der Waals surface area contributed by atoms with Crippen LogP contribution in [0.3, 0.4) is 0 Å². The maximum Gasteiger partial charge on any atom is 0.229 e. The van der Waals surface area contributed by atoms with E-state index in [1.807, 2.05) is 0 Å². The van der Waals surface area contributed by atoms with Gasteiger partial charge in [-0.05, 0) is 71.0 Å². The summed E-state index contributed by atoms with van der Waals surface area (Å²) >= 11 is 0. The number of rotatable bonds is 3. The summed E-state index contributed by atoms with van der Waals surface area (Å²) in [6.45, 7) is 9.89. The molecule has 0 aromatic carbocycles. The number of nitrogens with one attached hydrogen (secondary N) is 1. The molecule has 1 N–H and O–H groups in total. The fraction of sp³-hybridized carbons (Fsp3) is 0.941. The molecule has 4 nitrogen and oxygen atoms in total. The molecule has 1 amide bonds. The summed E-state index contributed by atoms with van der Waals surface area (Å²) in [7, 11) is 0. The van der Waals surface area contributed by atoms with Gasteiger partial charge in [-0.25, -0.2) is 0 Å². The Bertz CT molecular complexity index is 361. The zero-order chi connectivity index (χ0) is 14.7. The molecule has 3 heterocycles. The van der Waals surface area contributed by atoms with Crippen LogP contribution in [0, 0.1) is 11.3 Å². The van der Waals surface area contributed by atoms with Crippen LogP contribution >= 0.6 is 24.8 Å². The molecule has 6 heteroatoms. The average Bonchev–Trinajstić information content (AvgIpc) is 3.01. The smallest absolute Gasteiger partial charge is 0.229 e. The van der Waals surface area contributed by atoms with Crippen molar-refractivity contribution < 1.29 is 4.79 Å². The SMILES string of the molecule is CC1(C(=O)N2CCC(CN3CCCC3)CC2)CCCNC1.Cl.Cl. The fourth-order valence-electron chi connectivity index (χ4n) is 4.27. The Morgan fingerprint density at radius 3 is 2.30 bits per heavy atom. The van der Waals surface area contributed by atoms with Crippen molar-refractivity contribution in [3.63, 3.8) is 0 Å². The molecule has 0 bridgehead atoms. The van der Waals surface area contributed by atoms with E-state index in [0.717, 1.165) is 44.9 Å². The standard InChI is InChI=1S/C17H31N3O.2ClH/c1-17(7-4-8-18-14-17)16(21)20-11-5-15(6-12-20)13-19-9-2-3-10-19;;/h15,18H,2-14H2,1H3;2*1H. The summed E-state index contributed by atoms with van der Waals surface area (Å²) in [4.78, 5) is 17.6. The number of amides is 1. The van der Waals surface area contributed by atoms with E-state index >= 15 is 0 Å². The summed E-state index contributed by atoms with van der Waals surface area (Å²) in [6, 6.07) is 0. The summed E-state index contributed by atoms with van der Waals surface area (Å²) in [5.74, 6) is 1.21. The topological polar surface area (TPSA) is 35.6 Å². The molecule has 0 aromatic rings. The van der Waals surface area contributed by atoms with Crippen molar-refractivity contribution in [3.05, 3.63) is 0 Å². The minimum absolute atomic E-state index is 0. The molecule has 1 atom stereocenters. The molecule has 3 rings (SSSR count). The normalized spacial score (nSPS) is 29.7. The third-order valence-corrected chi connectivity index (χ3v) is 5.73. The molecular formula is C17H33Cl2N3O. The van der Waals surface area contributed by atoms with Crippen LogP contribution in [-0.2, 0) is 4.79 Å². The predicted molar refractivity (Wildman–Crippen MR) is 99.7 cm³/mol. The van der Waals surface area contributed by atoms with Gasteiger partial charge in [-0.15, -0.1) is 24.8 Å². The lowest BCUT2D eigenvalue weighted by molar-refractivity contribution is -0.143. The Labute approximate surface area is 153 Å². The van der Waals surface area contributed by atoms with Crippen LogP contribution in [0.1, 0.15) is 45.4 Å². The number of hydrogen-bond donors (Lipinski definition) is 1. The Balaban J connectivity index is 0.00000132. The number of hydrogen-bond acceptors (Lipinski definition) is 3. The molecule has 1 unspecified atom stereocenters. The Hall–Kier alpha value is -0.0300. The maximum atomic E-state index is 12.8. The van der Waals surface area contributed by atoms with E-state index in [1.165, 1.54) is 45.3 Å². The van der Waals surface area contributed by atoms with Crippen molar-refractivity contribution in [2.75, 3.05) is 45.8 Å². The second-order valence-electron chi connectivity index (χ2n) is 7.58. The summed E-state index contributed by atoms with van der Waals surface area (Å²) in [6.07, 6.45) is 7.34. The largest absolute Gasteiger partial charge is 0.342 e. The molecule has 136 valence electrons. The molecule has 0 saturated carbocycles. The molecule has 3 saturated heterocycles. The highest BCUT2D eigenvalue weighted by atomic mass is 35.5. The number of nitrogens with zero attached hydrogens (tertiary/aromatic N) is 2. The molecule has 3 fully saturated rings. The third-order valence-electron chi connectivity index (χ3n) is 5.73. The van der Waals surface area contributed by atoms with Crippen LogP contribution in [0.25, 0.3) is 0 Å².